The second-order valence-corrected chi connectivity index (χ2v) is 5.90. The van der Waals surface area contributed by atoms with E-state index in [2.05, 4.69) is 5.32 Å². The number of nitro benzene ring substituents is 1. The van der Waals surface area contributed by atoms with Crippen molar-refractivity contribution in [3.05, 3.63) is 94.0 Å². The van der Waals surface area contributed by atoms with Crippen LogP contribution in [0, 0.1) is 10.1 Å². The molecule has 0 aromatic heterocycles. The number of ether oxygens (including phenoxy) is 2. The second-order valence-electron chi connectivity index (χ2n) is 5.90. The molecule has 0 heterocycles. The maximum absolute atomic E-state index is 12.4. The van der Waals surface area contributed by atoms with Gasteiger partial charge in [-0.3, -0.25) is 14.9 Å². The zero-order valence-electron chi connectivity index (χ0n) is 15.1. The molecular formula is C21H18N2O5. The summed E-state index contributed by atoms with van der Waals surface area (Å²) in [6, 6.07) is 20.7. The first kappa shape index (κ1) is 18.9. The van der Waals surface area contributed by atoms with Crippen molar-refractivity contribution in [2.75, 3.05) is 12.4 Å². The van der Waals surface area contributed by atoms with Crippen molar-refractivity contribution in [3.63, 3.8) is 0 Å². The number of nitrogens with one attached hydrogen (secondary N) is 1. The molecule has 0 saturated carbocycles. The second kappa shape index (κ2) is 8.68. The van der Waals surface area contributed by atoms with E-state index in [1.54, 1.807) is 24.3 Å². The molecule has 3 aromatic carbocycles. The fraction of sp³-hybridized carbons (Fsp3) is 0.0952. The molecule has 0 atom stereocenters. The topological polar surface area (TPSA) is 90.7 Å². The lowest BCUT2D eigenvalue weighted by atomic mass is 10.1. The molecule has 1 N–H and O–H groups in total. The number of nitrogens with zero attached hydrogens (tertiary/aromatic N) is 1. The lowest BCUT2D eigenvalue weighted by molar-refractivity contribution is -0.385. The third kappa shape index (κ3) is 4.64. The number of carbonyl (C=O) groups is 1. The first-order valence-electron chi connectivity index (χ1n) is 8.47. The van der Waals surface area contributed by atoms with Gasteiger partial charge in [0.05, 0.1) is 12.0 Å². The van der Waals surface area contributed by atoms with Crippen molar-refractivity contribution in [1.29, 1.82) is 0 Å². The van der Waals surface area contributed by atoms with Gasteiger partial charge in [-0.2, -0.15) is 0 Å². The Hall–Kier alpha value is -3.87. The van der Waals surface area contributed by atoms with Gasteiger partial charge in [0.2, 0.25) is 0 Å². The van der Waals surface area contributed by atoms with Crippen molar-refractivity contribution >= 4 is 17.3 Å². The van der Waals surface area contributed by atoms with E-state index in [0.29, 0.717) is 18.0 Å². The van der Waals surface area contributed by atoms with Crippen molar-refractivity contribution in [3.8, 4) is 11.5 Å². The van der Waals surface area contributed by atoms with Crippen LogP contribution < -0.4 is 14.8 Å². The van der Waals surface area contributed by atoms with E-state index in [9.17, 15) is 14.9 Å². The van der Waals surface area contributed by atoms with Gasteiger partial charge in [-0.25, -0.2) is 0 Å². The fourth-order valence-electron chi connectivity index (χ4n) is 2.55. The Morgan fingerprint density at radius 2 is 1.75 bits per heavy atom. The standard InChI is InChI=1S/C21H18N2O5/c1-27-20-13-16(7-12-19(20)23(25)26)21(24)22-17-8-10-18(11-9-17)28-14-15-5-3-2-4-6-15/h2-13H,14H2,1H3,(H,22,24). The molecule has 0 aliphatic carbocycles. The molecular weight excluding hydrogens is 360 g/mol. The van der Waals surface area contributed by atoms with Gasteiger partial charge in [-0.05, 0) is 35.9 Å². The zero-order valence-corrected chi connectivity index (χ0v) is 15.1. The largest absolute Gasteiger partial charge is 0.490 e. The van der Waals surface area contributed by atoms with Crippen molar-refractivity contribution in [2.45, 2.75) is 6.61 Å². The highest BCUT2D eigenvalue weighted by molar-refractivity contribution is 6.04. The third-order valence-corrected chi connectivity index (χ3v) is 4.00. The van der Waals surface area contributed by atoms with E-state index in [1.807, 2.05) is 30.3 Å². The van der Waals surface area contributed by atoms with Crippen LogP contribution in [0.4, 0.5) is 11.4 Å². The number of hydrogen-bond donors (Lipinski definition) is 1. The molecule has 0 spiro atoms. The normalized spacial score (nSPS) is 10.2. The molecule has 7 heteroatoms. The van der Waals surface area contributed by atoms with Gasteiger partial charge in [0.15, 0.2) is 5.75 Å². The van der Waals surface area contributed by atoms with Crippen molar-refractivity contribution < 1.29 is 19.2 Å². The predicted octanol–water partition coefficient (Wildman–Crippen LogP) is 4.43. The maximum Gasteiger partial charge on any atom is 0.310 e. The van der Waals surface area contributed by atoms with Crippen LogP contribution in [0.15, 0.2) is 72.8 Å². The summed E-state index contributed by atoms with van der Waals surface area (Å²) in [5.41, 5.74) is 1.70. The Morgan fingerprint density at radius 1 is 1.04 bits per heavy atom. The van der Waals surface area contributed by atoms with Gasteiger partial charge >= 0.3 is 5.69 Å². The molecule has 0 fully saturated rings. The lowest BCUT2D eigenvalue weighted by Crippen LogP contribution is -2.12. The van der Waals surface area contributed by atoms with Gasteiger partial charge in [-0.15, -0.1) is 0 Å². The summed E-state index contributed by atoms with van der Waals surface area (Å²) in [6.07, 6.45) is 0. The molecule has 0 aliphatic heterocycles. The Bertz CT molecular complexity index is 972. The zero-order chi connectivity index (χ0) is 19.9. The number of methoxy groups -OCH3 is 1. The molecule has 0 unspecified atom stereocenters. The number of rotatable bonds is 7. The van der Waals surface area contributed by atoms with E-state index < -0.39 is 10.8 Å². The van der Waals surface area contributed by atoms with Crippen LogP contribution in [0.1, 0.15) is 15.9 Å². The van der Waals surface area contributed by atoms with Crippen molar-refractivity contribution in [2.24, 2.45) is 0 Å². The molecule has 0 bridgehead atoms. The van der Waals surface area contributed by atoms with E-state index in [-0.39, 0.29) is 17.0 Å². The quantitative estimate of drug-likeness (QED) is 0.485. The summed E-state index contributed by atoms with van der Waals surface area (Å²) in [6.45, 7) is 0.454. The Labute approximate surface area is 161 Å². The number of benzene rings is 3. The van der Waals surface area contributed by atoms with E-state index in [4.69, 9.17) is 9.47 Å². The summed E-state index contributed by atoms with van der Waals surface area (Å²) in [7, 11) is 1.32. The number of hydrogen-bond acceptors (Lipinski definition) is 5. The Balaban J connectivity index is 1.63. The monoisotopic (exact) mass is 378 g/mol. The van der Waals surface area contributed by atoms with E-state index >= 15 is 0 Å². The number of carbonyl (C=O) groups excluding carboxylic acids is 1. The summed E-state index contributed by atoms with van der Waals surface area (Å²) in [5, 5.41) is 13.7. The van der Waals surface area contributed by atoms with Gasteiger partial charge in [-0.1, -0.05) is 30.3 Å². The number of anilines is 1. The summed E-state index contributed by atoms with van der Waals surface area (Å²) in [4.78, 5) is 22.8. The first-order chi connectivity index (χ1) is 13.6. The molecule has 0 radical (unpaired) electrons. The number of nitro groups is 1. The fourth-order valence-corrected chi connectivity index (χ4v) is 2.55. The molecule has 3 rings (SSSR count). The van der Waals surface area contributed by atoms with Gasteiger partial charge < -0.3 is 14.8 Å². The molecule has 3 aromatic rings. The van der Waals surface area contributed by atoms with Crippen LogP contribution in [0.25, 0.3) is 0 Å². The lowest BCUT2D eigenvalue weighted by Gasteiger charge is -2.09. The summed E-state index contributed by atoms with van der Waals surface area (Å²) in [5.74, 6) is 0.312. The Morgan fingerprint density at radius 3 is 2.39 bits per heavy atom. The average molecular weight is 378 g/mol. The molecule has 0 saturated heterocycles. The first-order valence-corrected chi connectivity index (χ1v) is 8.47. The van der Waals surface area contributed by atoms with Crippen molar-refractivity contribution in [1.82, 2.24) is 0 Å². The summed E-state index contributed by atoms with van der Waals surface area (Å²) < 4.78 is 10.7. The molecule has 142 valence electrons. The van der Waals surface area contributed by atoms with Gasteiger partial charge in [0, 0.05) is 23.4 Å². The van der Waals surface area contributed by atoms with Gasteiger partial charge in [0.1, 0.15) is 12.4 Å². The molecule has 7 nitrogen and oxygen atoms in total. The van der Waals surface area contributed by atoms with Crippen LogP contribution in [0.5, 0.6) is 11.5 Å². The van der Waals surface area contributed by atoms with Crippen LogP contribution in [-0.2, 0) is 6.61 Å². The smallest absolute Gasteiger partial charge is 0.310 e. The van der Waals surface area contributed by atoms with Crippen LogP contribution in [0.3, 0.4) is 0 Å². The predicted molar refractivity (Wildman–Crippen MR) is 105 cm³/mol. The highest BCUT2D eigenvalue weighted by Gasteiger charge is 2.17. The Kier molecular flexibility index (Phi) is 5.86. The molecule has 0 aliphatic rings. The third-order valence-electron chi connectivity index (χ3n) is 4.00. The highest BCUT2D eigenvalue weighted by atomic mass is 16.6. The summed E-state index contributed by atoms with van der Waals surface area (Å²) >= 11 is 0. The van der Waals surface area contributed by atoms with Gasteiger partial charge in [0.25, 0.3) is 5.91 Å². The molecule has 28 heavy (non-hydrogen) atoms. The van der Waals surface area contributed by atoms with Crippen LogP contribution in [-0.4, -0.2) is 17.9 Å². The minimum atomic E-state index is -0.561. The van der Waals surface area contributed by atoms with Crippen LogP contribution in [0.2, 0.25) is 0 Å². The van der Waals surface area contributed by atoms with E-state index in [0.717, 1.165) is 5.56 Å². The number of amides is 1. The minimum absolute atomic E-state index is 0.0299. The van der Waals surface area contributed by atoms with Crippen LogP contribution >= 0.6 is 0 Å². The highest BCUT2D eigenvalue weighted by Crippen LogP contribution is 2.28. The SMILES string of the molecule is COc1cc(C(=O)Nc2ccc(OCc3ccccc3)cc2)ccc1[N+](=O)[O-]. The van der Waals surface area contributed by atoms with E-state index in [1.165, 1.54) is 25.3 Å². The average Bonchev–Trinajstić information content (AvgIpc) is 2.73. The maximum atomic E-state index is 12.4. The minimum Gasteiger partial charge on any atom is -0.490 e. The molecule has 1 amide bonds.